The lowest BCUT2D eigenvalue weighted by Crippen LogP contribution is -2.08. The molecule has 0 spiro atoms. The summed E-state index contributed by atoms with van der Waals surface area (Å²) in [6.07, 6.45) is 0.695. The summed E-state index contributed by atoms with van der Waals surface area (Å²) in [5.41, 5.74) is 6.27. The predicted octanol–water partition coefficient (Wildman–Crippen LogP) is 2.59. The van der Waals surface area contributed by atoms with Gasteiger partial charge in [0.2, 0.25) is 0 Å². The maximum absolute atomic E-state index is 12.9. The van der Waals surface area contributed by atoms with Gasteiger partial charge in [0.05, 0.1) is 5.02 Å². The van der Waals surface area contributed by atoms with Gasteiger partial charge in [-0.1, -0.05) is 18.5 Å². The molecule has 0 radical (unpaired) electrons. The van der Waals surface area contributed by atoms with Crippen LogP contribution in [0.1, 0.15) is 24.9 Å². The third kappa shape index (κ3) is 2.11. The topological polar surface area (TPSA) is 46.2 Å². The number of hydrogen-bond donors (Lipinski definition) is 2. The molecule has 0 bridgehead atoms. The molecule has 13 heavy (non-hydrogen) atoms. The Bertz CT molecular complexity index is 293. The fourth-order valence-corrected chi connectivity index (χ4v) is 1.25. The highest BCUT2D eigenvalue weighted by atomic mass is 35.5. The molecule has 1 aromatic rings. The van der Waals surface area contributed by atoms with Crippen LogP contribution < -0.4 is 5.73 Å². The number of hydrogen-bond acceptors (Lipinski definition) is 2. The van der Waals surface area contributed by atoms with Crippen LogP contribution in [0.3, 0.4) is 0 Å². The first kappa shape index (κ1) is 10.3. The number of rotatable bonds is 2. The summed E-state index contributed by atoms with van der Waals surface area (Å²) < 4.78 is 12.9. The largest absolute Gasteiger partial charge is 0.504 e. The van der Waals surface area contributed by atoms with E-state index in [1.54, 1.807) is 0 Å². The van der Waals surface area contributed by atoms with E-state index in [4.69, 9.17) is 22.4 Å². The molecular weight excluding hydrogens is 193 g/mol. The van der Waals surface area contributed by atoms with E-state index < -0.39 is 11.6 Å². The van der Waals surface area contributed by atoms with E-state index in [-0.39, 0.29) is 11.1 Å². The van der Waals surface area contributed by atoms with Crippen molar-refractivity contribution in [2.45, 2.75) is 19.4 Å². The molecule has 0 aliphatic rings. The standard InChI is InChI=1S/C9H11ClFNO/c1-2-8(12)5-3-6(10)9(13)7(11)4-5/h3-4,8,13H,2,12H2,1H3. The Labute approximate surface area is 81.1 Å². The fourth-order valence-electron chi connectivity index (χ4n) is 1.03. The monoisotopic (exact) mass is 203 g/mol. The van der Waals surface area contributed by atoms with Crippen LogP contribution in [0.15, 0.2) is 12.1 Å². The van der Waals surface area contributed by atoms with Crippen LogP contribution in [0.5, 0.6) is 5.75 Å². The smallest absolute Gasteiger partial charge is 0.170 e. The van der Waals surface area contributed by atoms with Crippen LogP contribution in [0.25, 0.3) is 0 Å². The molecule has 1 unspecified atom stereocenters. The van der Waals surface area contributed by atoms with Crippen LogP contribution in [-0.4, -0.2) is 5.11 Å². The molecule has 1 atom stereocenters. The van der Waals surface area contributed by atoms with Gasteiger partial charge in [-0.2, -0.15) is 0 Å². The van der Waals surface area contributed by atoms with Crippen molar-refractivity contribution < 1.29 is 9.50 Å². The van der Waals surface area contributed by atoms with Gasteiger partial charge in [-0.3, -0.25) is 0 Å². The third-order valence-corrected chi connectivity index (χ3v) is 2.20. The average Bonchev–Trinajstić information content (AvgIpc) is 2.12. The zero-order chi connectivity index (χ0) is 10.0. The number of aromatic hydroxyl groups is 1. The van der Waals surface area contributed by atoms with Crippen molar-refractivity contribution in [2.75, 3.05) is 0 Å². The van der Waals surface area contributed by atoms with Crippen molar-refractivity contribution in [2.24, 2.45) is 5.73 Å². The SMILES string of the molecule is CCC(N)c1cc(F)c(O)c(Cl)c1. The van der Waals surface area contributed by atoms with Crippen molar-refractivity contribution in [1.29, 1.82) is 0 Å². The number of phenols is 1. The minimum Gasteiger partial charge on any atom is -0.504 e. The molecule has 0 aliphatic carbocycles. The molecule has 0 saturated heterocycles. The van der Waals surface area contributed by atoms with Crippen LogP contribution in [-0.2, 0) is 0 Å². The summed E-state index contributed by atoms with van der Waals surface area (Å²) in [7, 11) is 0. The zero-order valence-electron chi connectivity index (χ0n) is 7.22. The van der Waals surface area contributed by atoms with Crippen LogP contribution in [0.4, 0.5) is 4.39 Å². The van der Waals surface area contributed by atoms with Gasteiger partial charge < -0.3 is 10.8 Å². The van der Waals surface area contributed by atoms with Crippen molar-refractivity contribution in [3.63, 3.8) is 0 Å². The number of halogens is 2. The van der Waals surface area contributed by atoms with Crippen molar-refractivity contribution in [3.05, 3.63) is 28.5 Å². The first-order valence-corrected chi connectivity index (χ1v) is 4.37. The average molecular weight is 204 g/mol. The summed E-state index contributed by atoms with van der Waals surface area (Å²) in [5, 5.41) is 9.04. The first-order valence-electron chi connectivity index (χ1n) is 3.99. The summed E-state index contributed by atoms with van der Waals surface area (Å²) in [6.45, 7) is 1.89. The van der Waals surface area contributed by atoms with E-state index in [0.717, 1.165) is 0 Å². The highest BCUT2D eigenvalue weighted by Crippen LogP contribution is 2.29. The summed E-state index contributed by atoms with van der Waals surface area (Å²) in [5.74, 6) is -1.25. The van der Waals surface area contributed by atoms with Gasteiger partial charge in [0.25, 0.3) is 0 Å². The Morgan fingerprint density at radius 1 is 1.62 bits per heavy atom. The van der Waals surface area contributed by atoms with E-state index in [0.29, 0.717) is 12.0 Å². The third-order valence-electron chi connectivity index (χ3n) is 1.91. The Morgan fingerprint density at radius 3 is 2.69 bits per heavy atom. The van der Waals surface area contributed by atoms with Gasteiger partial charge >= 0.3 is 0 Å². The molecule has 1 rings (SSSR count). The molecule has 0 aliphatic heterocycles. The number of nitrogens with two attached hydrogens (primary N) is 1. The Hall–Kier alpha value is -0.800. The van der Waals surface area contributed by atoms with Crippen LogP contribution in [0.2, 0.25) is 5.02 Å². The van der Waals surface area contributed by atoms with Crippen molar-refractivity contribution >= 4 is 11.6 Å². The maximum Gasteiger partial charge on any atom is 0.170 e. The van der Waals surface area contributed by atoms with Gasteiger partial charge in [-0.05, 0) is 24.1 Å². The molecule has 0 saturated carbocycles. The highest BCUT2D eigenvalue weighted by Gasteiger charge is 2.11. The molecule has 4 heteroatoms. The zero-order valence-corrected chi connectivity index (χ0v) is 7.98. The minimum absolute atomic E-state index is 0.00102. The lowest BCUT2D eigenvalue weighted by Gasteiger charge is -2.10. The quantitative estimate of drug-likeness (QED) is 0.776. The molecular formula is C9H11ClFNO. The van der Waals surface area contributed by atoms with Gasteiger partial charge in [0, 0.05) is 6.04 Å². The van der Waals surface area contributed by atoms with Gasteiger partial charge in [-0.15, -0.1) is 0 Å². The Balaban J connectivity index is 3.13. The molecule has 3 N–H and O–H groups in total. The molecule has 0 heterocycles. The van der Waals surface area contributed by atoms with Crippen molar-refractivity contribution in [3.8, 4) is 5.75 Å². The lowest BCUT2D eigenvalue weighted by atomic mass is 10.1. The van der Waals surface area contributed by atoms with E-state index >= 15 is 0 Å². The Kier molecular flexibility index (Phi) is 3.12. The molecule has 0 amide bonds. The maximum atomic E-state index is 12.9. The Morgan fingerprint density at radius 2 is 2.23 bits per heavy atom. The predicted molar refractivity (Wildman–Crippen MR) is 50.3 cm³/mol. The van der Waals surface area contributed by atoms with Crippen LogP contribution in [0, 0.1) is 5.82 Å². The van der Waals surface area contributed by atoms with E-state index in [1.165, 1.54) is 12.1 Å². The first-order chi connectivity index (χ1) is 6.06. The second-order valence-corrected chi connectivity index (χ2v) is 3.26. The molecule has 0 fully saturated rings. The number of benzene rings is 1. The van der Waals surface area contributed by atoms with E-state index in [1.807, 2.05) is 6.92 Å². The highest BCUT2D eigenvalue weighted by molar-refractivity contribution is 6.32. The number of phenolic OH excluding ortho intramolecular Hbond substituents is 1. The second kappa shape index (κ2) is 3.94. The van der Waals surface area contributed by atoms with Crippen LogP contribution >= 0.6 is 11.6 Å². The minimum atomic E-state index is -0.730. The molecule has 0 aromatic heterocycles. The van der Waals surface area contributed by atoms with Gasteiger partial charge in [-0.25, -0.2) is 4.39 Å². The second-order valence-electron chi connectivity index (χ2n) is 2.85. The van der Waals surface area contributed by atoms with E-state index in [2.05, 4.69) is 0 Å². The fraction of sp³-hybridized carbons (Fsp3) is 0.333. The molecule has 72 valence electrons. The summed E-state index contributed by atoms with van der Waals surface area (Å²) >= 11 is 5.57. The van der Waals surface area contributed by atoms with E-state index in [9.17, 15) is 4.39 Å². The summed E-state index contributed by atoms with van der Waals surface area (Å²) in [6, 6.07) is 2.44. The lowest BCUT2D eigenvalue weighted by molar-refractivity contribution is 0.431. The van der Waals surface area contributed by atoms with Crippen molar-refractivity contribution in [1.82, 2.24) is 0 Å². The van der Waals surface area contributed by atoms with Gasteiger partial charge in [0.1, 0.15) is 0 Å². The molecule has 2 nitrogen and oxygen atoms in total. The summed E-state index contributed by atoms with van der Waals surface area (Å²) in [4.78, 5) is 0. The normalized spacial score (nSPS) is 12.9. The van der Waals surface area contributed by atoms with Gasteiger partial charge in [0.15, 0.2) is 11.6 Å². The molecule has 1 aromatic carbocycles.